The molecule has 0 aliphatic heterocycles. The Bertz CT molecular complexity index is 958. The van der Waals surface area contributed by atoms with Gasteiger partial charge in [0.25, 0.3) is 0 Å². The SMILES string of the molecule is N#Cc1cc(Cl)c(-c2nc3ccnc(NC(=O)O)c3s2)c(Cl)c1. The summed E-state index contributed by atoms with van der Waals surface area (Å²) in [7, 11) is 0. The van der Waals surface area contributed by atoms with Crippen LogP contribution in [-0.2, 0) is 0 Å². The van der Waals surface area contributed by atoms with E-state index in [1.807, 2.05) is 6.07 Å². The molecule has 1 amide bonds. The molecule has 3 rings (SSSR count). The third-order valence-electron chi connectivity index (χ3n) is 2.91. The molecule has 2 N–H and O–H groups in total. The Balaban J connectivity index is 2.19. The summed E-state index contributed by atoms with van der Waals surface area (Å²) in [6, 6.07) is 6.64. The summed E-state index contributed by atoms with van der Waals surface area (Å²) >= 11 is 13.6. The third kappa shape index (κ3) is 2.92. The zero-order chi connectivity index (χ0) is 16.6. The molecule has 6 nitrogen and oxygen atoms in total. The Morgan fingerprint density at radius 3 is 2.65 bits per heavy atom. The number of benzene rings is 1. The first kappa shape index (κ1) is 15.5. The van der Waals surface area contributed by atoms with E-state index in [1.54, 1.807) is 6.07 Å². The van der Waals surface area contributed by atoms with Gasteiger partial charge in [-0.1, -0.05) is 23.2 Å². The number of aromatic nitrogens is 2. The van der Waals surface area contributed by atoms with Gasteiger partial charge in [-0.3, -0.25) is 5.32 Å². The highest BCUT2D eigenvalue weighted by Gasteiger charge is 2.17. The van der Waals surface area contributed by atoms with Crippen LogP contribution in [-0.4, -0.2) is 21.2 Å². The van der Waals surface area contributed by atoms with Crippen LogP contribution in [0.5, 0.6) is 0 Å². The Hall–Kier alpha value is -2.40. The first-order valence-electron chi connectivity index (χ1n) is 6.14. The van der Waals surface area contributed by atoms with Crippen LogP contribution < -0.4 is 5.32 Å². The summed E-state index contributed by atoms with van der Waals surface area (Å²) in [5.74, 6) is 0.194. The average Bonchev–Trinajstić information content (AvgIpc) is 2.90. The average molecular weight is 365 g/mol. The van der Waals surface area contributed by atoms with Gasteiger partial charge < -0.3 is 5.11 Å². The number of pyridine rings is 1. The summed E-state index contributed by atoms with van der Waals surface area (Å²) in [6.45, 7) is 0. The summed E-state index contributed by atoms with van der Waals surface area (Å²) in [5.41, 5.74) is 1.41. The number of anilines is 1. The van der Waals surface area contributed by atoms with Crippen LogP contribution in [0.15, 0.2) is 24.4 Å². The lowest BCUT2D eigenvalue weighted by Gasteiger charge is -2.03. The number of amides is 1. The minimum atomic E-state index is -1.21. The van der Waals surface area contributed by atoms with E-state index >= 15 is 0 Å². The predicted octanol–water partition coefficient (Wildman–Crippen LogP) is 4.63. The molecule has 0 radical (unpaired) electrons. The fourth-order valence-electron chi connectivity index (χ4n) is 1.99. The molecule has 9 heteroatoms. The molecule has 2 aromatic heterocycles. The summed E-state index contributed by atoms with van der Waals surface area (Å²) < 4.78 is 0.571. The summed E-state index contributed by atoms with van der Waals surface area (Å²) in [5, 5.41) is 21.1. The van der Waals surface area contributed by atoms with Gasteiger partial charge in [-0.2, -0.15) is 5.26 Å². The fourth-order valence-corrected chi connectivity index (χ4v) is 3.85. The molecular formula is C14H6Cl2N4O2S. The van der Waals surface area contributed by atoms with Gasteiger partial charge >= 0.3 is 6.09 Å². The van der Waals surface area contributed by atoms with Crippen LogP contribution in [0.2, 0.25) is 10.0 Å². The molecule has 0 aliphatic rings. The lowest BCUT2D eigenvalue weighted by atomic mass is 10.1. The molecule has 0 saturated carbocycles. The zero-order valence-electron chi connectivity index (χ0n) is 11.2. The Labute approximate surface area is 143 Å². The standard InChI is InChI=1S/C14H6Cl2N4O2S/c15-7-3-6(5-17)4-8(16)10(7)13-19-9-1-2-18-12(11(9)23-13)20-14(21)22/h1-4H,(H,18,20)(H,21,22). The molecule has 3 aromatic rings. The minimum Gasteiger partial charge on any atom is -0.465 e. The van der Waals surface area contributed by atoms with Crippen molar-refractivity contribution in [2.24, 2.45) is 0 Å². The monoisotopic (exact) mass is 364 g/mol. The molecule has 0 saturated heterocycles. The largest absolute Gasteiger partial charge is 0.465 e. The Morgan fingerprint density at radius 1 is 1.35 bits per heavy atom. The number of hydrogen-bond acceptors (Lipinski definition) is 5. The van der Waals surface area contributed by atoms with Crippen LogP contribution in [0.3, 0.4) is 0 Å². The number of carboxylic acid groups (broad SMARTS) is 1. The smallest absolute Gasteiger partial charge is 0.410 e. The van der Waals surface area contributed by atoms with Crippen molar-refractivity contribution in [3.63, 3.8) is 0 Å². The van der Waals surface area contributed by atoms with Gasteiger partial charge in [-0.15, -0.1) is 11.3 Å². The predicted molar refractivity (Wildman–Crippen MR) is 89.2 cm³/mol. The fraction of sp³-hybridized carbons (Fsp3) is 0. The van der Waals surface area contributed by atoms with Gasteiger partial charge in [0.05, 0.1) is 31.9 Å². The van der Waals surface area contributed by atoms with Crippen molar-refractivity contribution in [2.75, 3.05) is 5.32 Å². The number of rotatable bonds is 2. The van der Waals surface area contributed by atoms with Gasteiger partial charge in [0.15, 0.2) is 5.82 Å². The van der Waals surface area contributed by atoms with Crippen molar-refractivity contribution in [2.45, 2.75) is 0 Å². The van der Waals surface area contributed by atoms with Crippen molar-refractivity contribution in [3.8, 4) is 16.6 Å². The lowest BCUT2D eigenvalue weighted by molar-refractivity contribution is 0.209. The van der Waals surface area contributed by atoms with Crippen LogP contribution in [0.4, 0.5) is 10.6 Å². The lowest BCUT2D eigenvalue weighted by Crippen LogP contribution is -2.08. The van der Waals surface area contributed by atoms with Crippen LogP contribution in [0, 0.1) is 11.3 Å². The normalized spacial score (nSPS) is 10.5. The van der Waals surface area contributed by atoms with Crippen LogP contribution in [0.1, 0.15) is 5.56 Å². The van der Waals surface area contributed by atoms with Crippen molar-refractivity contribution in [3.05, 3.63) is 40.0 Å². The summed E-state index contributed by atoms with van der Waals surface area (Å²) in [4.78, 5) is 19.2. The van der Waals surface area contributed by atoms with E-state index in [-0.39, 0.29) is 5.82 Å². The van der Waals surface area contributed by atoms with Crippen LogP contribution in [0.25, 0.3) is 20.8 Å². The zero-order valence-corrected chi connectivity index (χ0v) is 13.5. The second-order valence-electron chi connectivity index (χ2n) is 4.38. The van der Waals surface area contributed by atoms with Gasteiger partial charge in [0, 0.05) is 11.8 Å². The molecule has 0 fully saturated rings. The molecule has 0 aliphatic carbocycles. The highest BCUT2D eigenvalue weighted by atomic mass is 35.5. The quantitative estimate of drug-likeness (QED) is 0.690. The molecule has 2 heterocycles. The molecule has 114 valence electrons. The van der Waals surface area contributed by atoms with Crippen molar-refractivity contribution >= 4 is 56.7 Å². The van der Waals surface area contributed by atoms with E-state index < -0.39 is 6.09 Å². The van der Waals surface area contributed by atoms with E-state index in [9.17, 15) is 4.79 Å². The van der Waals surface area contributed by atoms with Crippen LogP contribution >= 0.6 is 34.5 Å². The molecule has 0 unspecified atom stereocenters. The van der Waals surface area contributed by atoms with E-state index in [4.69, 9.17) is 33.6 Å². The number of nitrogens with one attached hydrogen (secondary N) is 1. The number of nitriles is 1. The van der Waals surface area contributed by atoms with Gasteiger partial charge in [0.2, 0.25) is 0 Å². The van der Waals surface area contributed by atoms with E-state index in [0.29, 0.717) is 36.4 Å². The Kier molecular flexibility index (Phi) is 4.05. The molecule has 1 aromatic carbocycles. The maximum Gasteiger partial charge on any atom is 0.410 e. The van der Waals surface area contributed by atoms with Crippen molar-refractivity contribution < 1.29 is 9.90 Å². The maximum absolute atomic E-state index is 10.8. The van der Waals surface area contributed by atoms with Gasteiger partial charge in [0.1, 0.15) is 5.01 Å². The number of hydrogen-bond donors (Lipinski definition) is 2. The molecule has 23 heavy (non-hydrogen) atoms. The van der Waals surface area contributed by atoms with E-state index in [1.165, 1.54) is 29.7 Å². The van der Waals surface area contributed by atoms with Gasteiger partial charge in [-0.05, 0) is 18.2 Å². The van der Waals surface area contributed by atoms with Crippen molar-refractivity contribution in [1.29, 1.82) is 5.26 Å². The molecule has 0 atom stereocenters. The number of fused-ring (bicyclic) bond motifs is 1. The van der Waals surface area contributed by atoms with E-state index in [2.05, 4.69) is 15.3 Å². The second-order valence-corrected chi connectivity index (χ2v) is 6.20. The topological polar surface area (TPSA) is 98.9 Å². The maximum atomic E-state index is 10.8. The number of thiazole rings is 1. The number of halogens is 2. The third-order valence-corrected chi connectivity index (χ3v) is 4.61. The summed E-state index contributed by atoms with van der Waals surface area (Å²) in [6.07, 6.45) is 0.244. The number of nitrogens with zero attached hydrogens (tertiary/aromatic N) is 3. The molecule has 0 spiro atoms. The molecule has 0 bridgehead atoms. The van der Waals surface area contributed by atoms with Crippen molar-refractivity contribution in [1.82, 2.24) is 9.97 Å². The Morgan fingerprint density at radius 2 is 2.04 bits per heavy atom. The highest BCUT2D eigenvalue weighted by Crippen LogP contribution is 2.40. The number of carbonyl (C=O) groups is 1. The van der Waals surface area contributed by atoms with Gasteiger partial charge in [-0.25, -0.2) is 14.8 Å². The molecular weight excluding hydrogens is 359 g/mol. The first-order valence-corrected chi connectivity index (χ1v) is 7.72. The second kappa shape index (κ2) is 6.01. The van der Waals surface area contributed by atoms with E-state index in [0.717, 1.165) is 0 Å². The highest BCUT2D eigenvalue weighted by molar-refractivity contribution is 7.22. The minimum absolute atomic E-state index is 0.194. The first-order chi connectivity index (χ1) is 11.0.